The standard InChI is InChI=1S/C21H34N4O3/c22-21(27)25-12-10-24(11-13-25)15-18-6-5-7-20(14-18)28-17-19(26)16-23-8-3-1-2-4-9-23/h5-7,14,19,26H,1-4,8-13,15-17H2,(H2,22,27). The molecule has 2 saturated heterocycles. The Kier molecular flexibility index (Phi) is 7.94. The van der Waals surface area contributed by atoms with Crippen molar-refractivity contribution in [2.45, 2.75) is 38.3 Å². The molecule has 2 heterocycles. The Bertz CT molecular complexity index is 611. The molecule has 1 aromatic rings. The number of benzene rings is 1. The van der Waals surface area contributed by atoms with Crippen LogP contribution in [-0.2, 0) is 6.54 Å². The van der Waals surface area contributed by atoms with Gasteiger partial charge in [-0.25, -0.2) is 4.79 Å². The Morgan fingerprint density at radius 3 is 2.43 bits per heavy atom. The highest BCUT2D eigenvalue weighted by Gasteiger charge is 2.19. The van der Waals surface area contributed by atoms with Gasteiger partial charge in [0.25, 0.3) is 0 Å². The highest BCUT2D eigenvalue weighted by Crippen LogP contribution is 2.17. The second kappa shape index (κ2) is 10.6. The summed E-state index contributed by atoms with van der Waals surface area (Å²) in [5.74, 6) is 0.795. The number of nitrogens with two attached hydrogens (primary N) is 1. The molecule has 0 spiro atoms. The number of carbonyl (C=O) groups excluding carboxylic acids is 1. The van der Waals surface area contributed by atoms with E-state index in [-0.39, 0.29) is 6.03 Å². The molecule has 156 valence electrons. The number of aliphatic hydroxyl groups excluding tert-OH is 1. The minimum absolute atomic E-state index is 0.317. The molecule has 2 fully saturated rings. The molecule has 2 amide bonds. The van der Waals surface area contributed by atoms with Crippen molar-refractivity contribution >= 4 is 6.03 Å². The van der Waals surface area contributed by atoms with Crippen LogP contribution in [0.1, 0.15) is 31.2 Å². The highest BCUT2D eigenvalue weighted by atomic mass is 16.5. The number of primary amides is 1. The van der Waals surface area contributed by atoms with E-state index in [9.17, 15) is 9.90 Å². The zero-order valence-corrected chi connectivity index (χ0v) is 16.8. The first-order valence-corrected chi connectivity index (χ1v) is 10.5. The normalized spacial score (nSPS) is 20.5. The third-order valence-electron chi connectivity index (χ3n) is 5.60. The molecule has 0 saturated carbocycles. The minimum atomic E-state index is -0.469. The Balaban J connectivity index is 1.42. The summed E-state index contributed by atoms with van der Waals surface area (Å²) >= 11 is 0. The monoisotopic (exact) mass is 390 g/mol. The van der Waals surface area contributed by atoms with Crippen molar-refractivity contribution in [2.75, 3.05) is 52.4 Å². The van der Waals surface area contributed by atoms with E-state index in [0.29, 0.717) is 26.2 Å². The second-order valence-corrected chi connectivity index (χ2v) is 7.93. The van der Waals surface area contributed by atoms with Gasteiger partial charge in [-0.3, -0.25) is 4.90 Å². The van der Waals surface area contributed by atoms with Crippen LogP contribution in [-0.4, -0.2) is 84.4 Å². The van der Waals surface area contributed by atoms with Gasteiger partial charge < -0.3 is 25.4 Å². The van der Waals surface area contributed by atoms with Crippen molar-refractivity contribution in [1.29, 1.82) is 0 Å². The highest BCUT2D eigenvalue weighted by molar-refractivity contribution is 5.72. The molecule has 2 aliphatic rings. The largest absolute Gasteiger partial charge is 0.491 e. The molecule has 3 N–H and O–H groups in total. The number of nitrogens with zero attached hydrogens (tertiary/aromatic N) is 3. The fourth-order valence-electron chi connectivity index (χ4n) is 3.98. The van der Waals surface area contributed by atoms with Crippen LogP contribution >= 0.6 is 0 Å². The Hall–Kier alpha value is -1.83. The van der Waals surface area contributed by atoms with E-state index in [0.717, 1.165) is 38.5 Å². The van der Waals surface area contributed by atoms with Gasteiger partial charge in [0.2, 0.25) is 0 Å². The van der Waals surface area contributed by atoms with E-state index in [1.165, 1.54) is 31.2 Å². The first kappa shape index (κ1) is 20.9. The third kappa shape index (κ3) is 6.65. The number of ether oxygens (including phenoxy) is 1. The average molecular weight is 391 g/mol. The smallest absolute Gasteiger partial charge is 0.314 e. The average Bonchev–Trinajstić information content (AvgIpc) is 2.96. The van der Waals surface area contributed by atoms with Gasteiger partial charge in [0.1, 0.15) is 18.5 Å². The topological polar surface area (TPSA) is 82.3 Å². The van der Waals surface area contributed by atoms with E-state index in [1.54, 1.807) is 4.90 Å². The second-order valence-electron chi connectivity index (χ2n) is 7.93. The van der Waals surface area contributed by atoms with E-state index < -0.39 is 6.10 Å². The maximum Gasteiger partial charge on any atom is 0.314 e. The summed E-state index contributed by atoms with van der Waals surface area (Å²) in [7, 11) is 0. The summed E-state index contributed by atoms with van der Waals surface area (Å²) in [5, 5.41) is 10.3. The molecule has 1 aromatic carbocycles. The summed E-state index contributed by atoms with van der Waals surface area (Å²) in [6.45, 7) is 6.97. The third-order valence-corrected chi connectivity index (χ3v) is 5.60. The molecule has 7 heteroatoms. The zero-order valence-electron chi connectivity index (χ0n) is 16.8. The summed E-state index contributed by atoms with van der Waals surface area (Å²) in [4.78, 5) is 17.6. The number of likely N-dealkylation sites (tertiary alicyclic amines) is 1. The molecular weight excluding hydrogens is 356 g/mol. The van der Waals surface area contributed by atoms with Crippen molar-refractivity contribution in [3.8, 4) is 5.75 Å². The van der Waals surface area contributed by atoms with Crippen LogP contribution in [0.15, 0.2) is 24.3 Å². The number of hydrogen-bond donors (Lipinski definition) is 2. The van der Waals surface area contributed by atoms with Gasteiger partial charge in [0, 0.05) is 39.3 Å². The quantitative estimate of drug-likeness (QED) is 0.737. The summed E-state index contributed by atoms with van der Waals surface area (Å²) in [5.41, 5.74) is 6.51. The predicted molar refractivity (Wildman–Crippen MR) is 109 cm³/mol. The maximum absolute atomic E-state index is 11.2. The number of β-amino-alcohol motifs (C(OH)–C–C–N with tert-alkyl or cyclic N) is 1. The summed E-state index contributed by atoms with van der Waals surface area (Å²) in [6, 6.07) is 7.72. The molecule has 0 bridgehead atoms. The van der Waals surface area contributed by atoms with Gasteiger partial charge in [-0.1, -0.05) is 25.0 Å². The molecule has 2 aliphatic heterocycles. The SMILES string of the molecule is NC(=O)N1CCN(Cc2cccc(OCC(O)CN3CCCCCC3)c2)CC1. The van der Waals surface area contributed by atoms with Crippen molar-refractivity contribution < 1.29 is 14.6 Å². The van der Waals surface area contributed by atoms with Gasteiger partial charge in [-0.05, 0) is 43.6 Å². The van der Waals surface area contributed by atoms with Crippen LogP contribution in [0, 0.1) is 0 Å². The molecule has 0 radical (unpaired) electrons. The molecular formula is C21H34N4O3. The number of piperazine rings is 1. The molecule has 3 rings (SSSR count). The number of urea groups is 1. The van der Waals surface area contributed by atoms with Gasteiger partial charge in [-0.15, -0.1) is 0 Å². The first-order valence-electron chi connectivity index (χ1n) is 10.5. The van der Waals surface area contributed by atoms with Crippen LogP contribution in [0.2, 0.25) is 0 Å². The fraction of sp³-hybridized carbons (Fsp3) is 0.667. The predicted octanol–water partition coefficient (Wildman–Crippen LogP) is 1.50. The number of hydrogen-bond acceptors (Lipinski definition) is 5. The van der Waals surface area contributed by atoms with Crippen LogP contribution < -0.4 is 10.5 Å². The molecule has 0 aliphatic carbocycles. The minimum Gasteiger partial charge on any atom is -0.491 e. The van der Waals surface area contributed by atoms with E-state index in [2.05, 4.69) is 15.9 Å². The van der Waals surface area contributed by atoms with E-state index >= 15 is 0 Å². The van der Waals surface area contributed by atoms with Crippen LogP contribution in [0.3, 0.4) is 0 Å². The lowest BCUT2D eigenvalue weighted by atomic mass is 10.2. The summed E-state index contributed by atoms with van der Waals surface area (Å²) in [6.07, 6.45) is 4.58. The van der Waals surface area contributed by atoms with Crippen LogP contribution in [0.5, 0.6) is 5.75 Å². The molecule has 1 unspecified atom stereocenters. The van der Waals surface area contributed by atoms with Gasteiger partial charge in [-0.2, -0.15) is 0 Å². The Morgan fingerprint density at radius 2 is 1.75 bits per heavy atom. The van der Waals surface area contributed by atoms with Crippen LogP contribution in [0.4, 0.5) is 4.79 Å². The van der Waals surface area contributed by atoms with Gasteiger partial charge in [0.15, 0.2) is 0 Å². The molecule has 1 atom stereocenters. The summed E-state index contributed by atoms with van der Waals surface area (Å²) < 4.78 is 5.85. The number of rotatable bonds is 7. The Morgan fingerprint density at radius 1 is 1.04 bits per heavy atom. The van der Waals surface area contributed by atoms with E-state index in [1.807, 2.05) is 18.2 Å². The van der Waals surface area contributed by atoms with Crippen molar-refractivity contribution in [3.05, 3.63) is 29.8 Å². The fourth-order valence-corrected chi connectivity index (χ4v) is 3.98. The molecule has 7 nitrogen and oxygen atoms in total. The van der Waals surface area contributed by atoms with Gasteiger partial charge in [0.05, 0.1) is 0 Å². The van der Waals surface area contributed by atoms with Gasteiger partial charge >= 0.3 is 6.03 Å². The van der Waals surface area contributed by atoms with Crippen molar-refractivity contribution in [3.63, 3.8) is 0 Å². The Labute approximate surface area is 168 Å². The first-order chi connectivity index (χ1) is 13.6. The van der Waals surface area contributed by atoms with E-state index in [4.69, 9.17) is 10.5 Å². The lowest BCUT2D eigenvalue weighted by molar-refractivity contribution is 0.0693. The zero-order chi connectivity index (χ0) is 19.8. The lowest BCUT2D eigenvalue weighted by Gasteiger charge is -2.33. The van der Waals surface area contributed by atoms with Crippen molar-refractivity contribution in [1.82, 2.24) is 14.7 Å². The number of aliphatic hydroxyl groups is 1. The maximum atomic E-state index is 11.2. The lowest BCUT2D eigenvalue weighted by Crippen LogP contribution is -2.50. The number of amides is 2. The van der Waals surface area contributed by atoms with Crippen LogP contribution in [0.25, 0.3) is 0 Å². The molecule has 0 aromatic heterocycles. The number of carbonyl (C=O) groups is 1. The molecule has 28 heavy (non-hydrogen) atoms. The van der Waals surface area contributed by atoms with Crippen molar-refractivity contribution in [2.24, 2.45) is 5.73 Å².